The third-order valence-corrected chi connectivity index (χ3v) is 5.06. The van der Waals surface area contributed by atoms with E-state index in [1.165, 1.54) is 0 Å². The summed E-state index contributed by atoms with van der Waals surface area (Å²) in [6, 6.07) is 9.87. The van der Waals surface area contributed by atoms with Crippen molar-refractivity contribution < 1.29 is 0 Å². The number of nitrogens with zero attached hydrogens (tertiary/aromatic N) is 3. The standard InChI is InChI=1S/C15H14BrClN4S/c1-9-7-10(2)21(20-9)15(12-4-5-13(16)22-12)19-14-6-3-11(17)8-18-14/h3-8,15H,1-2H3,(H,18,19). The van der Waals surface area contributed by atoms with Crippen molar-refractivity contribution in [3.63, 3.8) is 0 Å². The molecule has 0 bridgehead atoms. The molecule has 1 unspecified atom stereocenters. The molecule has 0 aliphatic rings. The van der Waals surface area contributed by atoms with Crippen LogP contribution in [0, 0.1) is 13.8 Å². The minimum atomic E-state index is -0.112. The van der Waals surface area contributed by atoms with Crippen LogP contribution in [-0.2, 0) is 0 Å². The molecule has 3 aromatic rings. The van der Waals surface area contributed by atoms with Gasteiger partial charge in [0, 0.05) is 11.9 Å². The summed E-state index contributed by atoms with van der Waals surface area (Å²) in [7, 11) is 0. The molecular weight excluding hydrogens is 384 g/mol. The highest BCUT2D eigenvalue weighted by Crippen LogP contribution is 2.31. The van der Waals surface area contributed by atoms with Gasteiger partial charge in [-0.25, -0.2) is 9.67 Å². The number of aromatic nitrogens is 3. The molecule has 0 fully saturated rings. The summed E-state index contributed by atoms with van der Waals surface area (Å²) < 4.78 is 3.06. The lowest BCUT2D eigenvalue weighted by Crippen LogP contribution is -2.21. The zero-order valence-corrected chi connectivity index (χ0v) is 15.2. The fraction of sp³-hybridized carbons (Fsp3) is 0.200. The molecule has 114 valence electrons. The molecule has 1 N–H and O–H groups in total. The van der Waals surface area contributed by atoms with Crippen LogP contribution < -0.4 is 5.32 Å². The zero-order valence-electron chi connectivity index (χ0n) is 12.0. The second-order valence-corrected chi connectivity index (χ2v) is 7.85. The Morgan fingerprint density at radius 1 is 1.27 bits per heavy atom. The van der Waals surface area contributed by atoms with Crippen molar-refractivity contribution in [2.75, 3.05) is 5.32 Å². The van der Waals surface area contributed by atoms with Gasteiger partial charge in [0.1, 0.15) is 5.82 Å². The zero-order chi connectivity index (χ0) is 15.7. The molecule has 1 atom stereocenters. The first-order valence-corrected chi connectivity index (χ1v) is 8.68. The van der Waals surface area contributed by atoms with Gasteiger partial charge in [0.25, 0.3) is 0 Å². The molecule has 0 saturated heterocycles. The highest BCUT2D eigenvalue weighted by Gasteiger charge is 2.19. The van der Waals surface area contributed by atoms with Gasteiger partial charge in [-0.1, -0.05) is 11.6 Å². The third-order valence-electron chi connectivity index (χ3n) is 3.16. The molecule has 3 rings (SSSR count). The summed E-state index contributed by atoms with van der Waals surface area (Å²) >= 11 is 11.1. The Hall–Kier alpha value is -1.37. The molecule has 0 aliphatic heterocycles. The average Bonchev–Trinajstić information content (AvgIpc) is 3.04. The van der Waals surface area contributed by atoms with Gasteiger partial charge < -0.3 is 5.32 Å². The number of hydrogen-bond donors (Lipinski definition) is 1. The van der Waals surface area contributed by atoms with E-state index in [4.69, 9.17) is 11.6 Å². The number of aryl methyl sites for hydroxylation is 2. The van der Waals surface area contributed by atoms with Crippen LogP contribution in [0.25, 0.3) is 0 Å². The molecular formula is C15H14BrClN4S. The molecule has 0 radical (unpaired) electrons. The topological polar surface area (TPSA) is 42.7 Å². The normalized spacial score (nSPS) is 12.4. The SMILES string of the molecule is Cc1cc(C)n(C(Nc2ccc(Cl)cn2)c2ccc(Br)s2)n1. The summed E-state index contributed by atoms with van der Waals surface area (Å²) in [5, 5.41) is 8.65. The van der Waals surface area contributed by atoms with E-state index >= 15 is 0 Å². The second kappa shape index (κ2) is 6.40. The van der Waals surface area contributed by atoms with Crippen LogP contribution in [0.3, 0.4) is 0 Å². The Bertz CT molecular complexity index is 781. The van der Waals surface area contributed by atoms with Gasteiger partial charge in [0.05, 0.1) is 19.4 Å². The lowest BCUT2D eigenvalue weighted by Gasteiger charge is -2.20. The number of hydrogen-bond acceptors (Lipinski definition) is 4. The number of pyridine rings is 1. The van der Waals surface area contributed by atoms with Crippen molar-refractivity contribution in [3.8, 4) is 0 Å². The van der Waals surface area contributed by atoms with E-state index in [1.54, 1.807) is 17.5 Å². The van der Waals surface area contributed by atoms with Crippen LogP contribution in [-0.4, -0.2) is 14.8 Å². The van der Waals surface area contributed by atoms with E-state index in [9.17, 15) is 0 Å². The van der Waals surface area contributed by atoms with E-state index < -0.39 is 0 Å². The molecule has 7 heteroatoms. The molecule has 0 spiro atoms. The molecule has 4 nitrogen and oxygen atoms in total. The number of rotatable bonds is 4. The van der Waals surface area contributed by atoms with Crippen molar-refractivity contribution in [1.29, 1.82) is 0 Å². The lowest BCUT2D eigenvalue weighted by molar-refractivity contribution is 0.563. The summed E-state index contributed by atoms with van der Waals surface area (Å²) in [4.78, 5) is 5.47. The van der Waals surface area contributed by atoms with Gasteiger partial charge in [0.2, 0.25) is 0 Å². The van der Waals surface area contributed by atoms with Crippen molar-refractivity contribution >= 4 is 44.7 Å². The number of thiophene rings is 1. The predicted octanol–water partition coefficient (Wildman–Crippen LogP) is 5.03. The van der Waals surface area contributed by atoms with E-state index in [1.807, 2.05) is 36.7 Å². The highest BCUT2D eigenvalue weighted by molar-refractivity contribution is 9.11. The van der Waals surface area contributed by atoms with Crippen molar-refractivity contribution in [2.24, 2.45) is 0 Å². The van der Waals surface area contributed by atoms with E-state index in [2.05, 4.69) is 43.5 Å². The minimum Gasteiger partial charge on any atom is -0.344 e. The van der Waals surface area contributed by atoms with Crippen molar-refractivity contribution in [1.82, 2.24) is 14.8 Å². The maximum Gasteiger partial charge on any atom is 0.157 e. The highest BCUT2D eigenvalue weighted by atomic mass is 79.9. The quantitative estimate of drug-likeness (QED) is 0.671. The molecule has 0 amide bonds. The maximum absolute atomic E-state index is 5.90. The van der Waals surface area contributed by atoms with Crippen LogP contribution >= 0.6 is 38.9 Å². The summed E-state index contributed by atoms with van der Waals surface area (Å²) in [6.45, 7) is 4.04. The lowest BCUT2D eigenvalue weighted by atomic mass is 10.3. The monoisotopic (exact) mass is 396 g/mol. The number of anilines is 1. The first-order chi connectivity index (χ1) is 10.5. The molecule has 0 saturated carbocycles. The smallest absolute Gasteiger partial charge is 0.157 e. The van der Waals surface area contributed by atoms with E-state index in [0.717, 1.165) is 25.9 Å². The Morgan fingerprint density at radius 3 is 2.64 bits per heavy atom. The fourth-order valence-corrected chi connectivity index (χ4v) is 3.81. The molecule has 22 heavy (non-hydrogen) atoms. The van der Waals surface area contributed by atoms with Crippen molar-refractivity contribution in [3.05, 3.63) is 61.6 Å². The van der Waals surface area contributed by atoms with Gasteiger partial charge in [-0.05, 0) is 60.1 Å². The van der Waals surface area contributed by atoms with E-state index in [-0.39, 0.29) is 6.17 Å². The Balaban J connectivity index is 1.99. The van der Waals surface area contributed by atoms with Crippen LogP contribution in [0.15, 0.2) is 40.3 Å². The largest absolute Gasteiger partial charge is 0.344 e. The van der Waals surface area contributed by atoms with Gasteiger partial charge in [-0.2, -0.15) is 5.10 Å². The molecule has 3 heterocycles. The van der Waals surface area contributed by atoms with Crippen molar-refractivity contribution in [2.45, 2.75) is 20.0 Å². The van der Waals surface area contributed by atoms with Crippen LogP contribution in [0.1, 0.15) is 22.4 Å². The molecule has 0 aliphatic carbocycles. The third kappa shape index (κ3) is 3.34. The molecule has 3 aromatic heterocycles. The first-order valence-electron chi connectivity index (χ1n) is 6.69. The van der Waals surface area contributed by atoms with Gasteiger partial charge in [-0.3, -0.25) is 0 Å². The Kier molecular flexibility index (Phi) is 4.52. The summed E-state index contributed by atoms with van der Waals surface area (Å²) in [5.41, 5.74) is 2.08. The van der Waals surface area contributed by atoms with Crippen LogP contribution in [0.5, 0.6) is 0 Å². The van der Waals surface area contributed by atoms with Crippen LogP contribution in [0.2, 0.25) is 5.02 Å². The summed E-state index contributed by atoms with van der Waals surface area (Å²) in [5.74, 6) is 0.756. The minimum absolute atomic E-state index is 0.112. The molecule has 0 aromatic carbocycles. The fourth-order valence-electron chi connectivity index (χ4n) is 2.24. The Morgan fingerprint density at radius 2 is 2.09 bits per heavy atom. The first kappa shape index (κ1) is 15.5. The van der Waals surface area contributed by atoms with Gasteiger partial charge in [-0.15, -0.1) is 11.3 Å². The van der Waals surface area contributed by atoms with Crippen LogP contribution in [0.4, 0.5) is 5.82 Å². The Labute approximate surface area is 146 Å². The average molecular weight is 398 g/mol. The number of halogens is 2. The summed E-state index contributed by atoms with van der Waals surface area (Å²) in [6.07, 6.45) is 1.52. The second-order valence-electron chi connectivity index (χ2n) is 4.92. The predicted molar refractivity (Wildman–Crippen MR) is 94.7 cm³/mol. The maximum atomic E-state index is 5.90. The van der Waals surface area contributed by atoms with E-state index in [0.29, 0.717) is 5.02 Å². The van der Waals surface area contributed by atoms with Gasteiger partial charge in [0.15, 0.2) is 6.17 Å². The van der Waals surface area contributed by atoms with Gasteiger partial charge >= 0.3 is 0 Å². The number of nitrogens with one attached hydrogen (secondary N) is 1.